The van der Waals surface area contributed by atoms with Crippen LogP contribution < -0.4 is 10.4 Å². The van der Waals surface area contributed by atoms with Gasteiger partial charge in [0, 0.05) is 43.3 Å². The van der Waals surface area contributed by atoms with E-state index in [2.05, 4.69) is 17.2 Å². The van der Waals surface area contributed by atoms with Crippen molar-refractivity contribution in [2.45, 2.75) is 13.5 Å². The van der Waals surface area contributed by atoms with Gasteiger partial charge in [-0.15, -0.1) is 4.48 Å². The fourth-order valence-corrected chi connectivity index (χ4v) is 3.19. The molecular formula is C15H18FN5. The Kier molecular flexibility index (Phi) is 3.02. The summed E-state index contributed by atoms with van der Waals surface area (Å²) < 4.78 is 14.5. The fourth-order valence-electron chi connectivity index (χ4n) is 3.19. The molecule has 4 rings (SSSR count). The van der Waals surface area contributed by atoms with Gasteiger partial charge in [0.25, 0.3) is 0 Å². The fraction of sp³-hybridized carbons (Fsp3) is 0.400. The van der Waals surface area contributed by atoms with Crippen LogP contribution in [0.3, 0.4) is 0 Å². The van der Waals surface area contributed by atoms with Crippen LogP contribution in [0.5, 0.6) is 0 Å². The Morgan fingerprint density at radius 3 is 2.81 bits per heavy atom. The van der Waals surface area contributed by atoms with Crippen molar-refractivity contribution in [3.05, 3.63) is 35.5 Å². The third-order valence-corrected chi connectivity index (χ3v) is 4.28. The van der Waals surface area contributed by atoms with Gasteiger partial charge in [-0.3, -0.25) is 4.98 Å². The first-order valence-corrected chi connectivity index (χ1v) is 7.32. The summed E-state index contributed by atoms with van der Waals surface area (Å²) in [7, 11) is 0. The number of fused-ring (bicyclic) bond motifs is 3. The lowest BCUT2D eigenvalue weighted by molar-refractivity contribution is -0.0523. The molecule has 0 radical (unpaired) electrons. The summed E-state index contributed by atoms with van der Waals surface area (Å²) in [5.74, 6) is 0. The number of benzene rings is 1. The number of piperazine rings is 1. The van der Waals surface area contributed by atoms with Crippen LogP contribution >= 0.6 is 0 Å². The van der Waals surface area contributed by atoms with E-state index in [9.17, 15) is 4.48 Å². The lowest BCUT2D eigenvalue weighted by atomic mass is 10.1. The SMILES string of the molecule is Cc1ccnc2c3c(ccc12)N(N1CCNCC1)N(F)C3. The minimum absolute atomic E-state index is 0.257. The van der Waals surface area contributed by atoms with Crippen molar-refractivity contribution in [1.82, 2.24) is 20.5 Å². The summed E-state index contributed by atoms with van der Waals surface area (Å²) in [6.45, 7) is 5.69. The van der Waals surface area contributed by atoms with E-state index >= 15 is 0 Å². The van der Waals surface area contributed by atoms with Crippen molar-refractivity contribution in [1.29, 1.82) is 0 Å². The van der Waals surface area contributed by atoms with Crippen LogP contribution in [-0.4, -0.2) is 41.4 Å². The molecule has 0 spiro atoms. The lowest BCUT2D eigenvalue weighted by Gasteiger charge is -2.37. The Morgan fingerprint density at radius 1 is 1.19 bits per heavy atom. The van der Waals surface area contributed by atoms with Crippen molar-refractivity contribution < 1.29 is 4.48 Å². The number of hydrazine groups is 2. The molecule has 2 aliphatic rings. The average molecular weight is 287 g/mol. The van der Waals surface area contributed by atoms with Gasteiger partial charge in [-0.1, -0.05) is 6.07 Å². The molecule has 0 bridgehead atoms. The number of pyridine rings is 1. The molecule has 0 amide bonds. The highest BCUT2D eigenvalue weighted by Crippen LogP contribution is 2.37. The van der Waals surface area contributed by atoms with Crippen molar-refractivity contribution in [3.63, 3.8) is 0 Å². The van der Waals surface area contributed by atoms with Gasteiger partial charge in [-0.2, -0.15) is 0 Å². The number of aromatic nitrogens is 1. The number of anilines is 1. The number of rotatable bonds is 1. The molecule has 2 aromatic rings. The minimum atomic E-state index is 0.257. The molecule has 1 aromatic carbocycles. The van der Waals surface area contributed by atoms with Gasteiger partial charge in [0.2, 0.25) is 0 Å². The Balaban J connectivity index is 1.82. The summed E-state index contributed by atoms with van der Waals surface area (Å²) in [6.07, 6.45) is 1.80. The first-order valence-electron chi connectivity index (χ1n) is 7.32. The standard InChI is InChI=1S/C15H18FN5/c1-11-4-5-18-15-12(11)2-3-14-13(15)10-20(16)21(14)19-8-6-17-7-9-19/h2-5,17H,6-10H2,1H3. The molecule has 110 valence electrons. The Labute approximate surface area is 122 Å². The molecule has 5 nitrogen and oxygen atoms in total. The van der Waals surface area contributed by atoms with E-state index in [-0.39, 0.29) is 6.54 Å². The number of nitrogens with zero attached hydrogens (tertiary/aromatic N) is 4. The summed E-state index contributed by atoms with van der Waals surface area (Å²) in [4.78, 5) is 4.48. The van der Waals surface area contributed by atoms with Crippen molar-refractivity contribution in [3.8, 4) is 0 Å². The molecule has 1 fully saturated rings. The Bertz CT molecular complexity index is 683. The molecule has 0 aliphatic carbocycles. The minimum Gasteiger partial charge on any atom is -0.314 e. The first-order chi connectivity index (χ1) is 10.3. The van der Waals surface area contributed by atoms with E-state index in [1.165, 1.54) is 5.56 Å². The van der Waals surface area contributed by atoms with Gasteiger partial charge < -0.3 is 5.32 Å². The van der Waals surface area contributed by atoms with Gasteiger partial charge in [-0.25, -0.2) is 10.1 Å². The van der Waals surface area contributed by atoms with Gasteiger partial charge in [0.05, 0.1) is 17.7 Å². The third-order valence-electron chi connectivity index (χ3n) is 4.28. The van der Waals surface area contributed by atoms with Gasteiger partial charge in [0.15, 0.2) is 0 Å². The zero-order valence-corrected chi connectivity index (χ0v) is 12.0. The van der Waals surface area contributed by atoms with E-state index in [0.717, 1.165) is 53.6 Å². The average Bonchev–Trinajstić information content (AvgIpc) is 2.85. The number of hydrogen-bond donors (Lipinski definition) is 1. The normalized spacial score (nSPS) is 20.2. The second-order valence-corrected chi connectivity index (χ2v) is 5.58. The summed E-state index contributed by atoms with van der Waals surface area (Å²) >= 11 is 0. The van der Waals surface area contributed by atoms with Crippen LogP contribution in [0, 0.1) is 6.92 Å². The second kappa shape index (κ2) is 4.91. The molecule has 0 atom stereocenters. The predicted molar refractivity (Wildman–Crippen MR) is 80.1 cm³/mol. The van der Waals surface area contributed by atoms with Gasteiger partial charge in [-0.05, 0) is 29.9 Å². The monoisotopic (exact) mass is 287 g/mol. The summed E-state index contributed by atoms with van der Waals surface area (Å²) in [5.41, 5.74) is 3.96. The van der Waals surface area contributed by atoms with Crippen LogP contribution in [-0.2, 0) is 6.54 Å². The molecule has 3 heterocycles. The molecular weight excluding hydrogens is 269 g/mol. The quantitative estimate of drug-likeness (QED) is 0.809. The summed E-state index contributed by atoms with van der Waals surface area (Å²) in [6, 6.07) is 6.05. The molecule has 6 heteroatoms. The Morgan fingerprint density at radius 2 is 2.00 bits per heavy atom. The molecule has 1 aromatic heterocycles. The van der Waals surface area contributed by atoms with Gasteiger partial charge >= 0.3 is 0 Å². The van der Waals surface area contributed by atoms with Crippen LogP contribution in [0.4, 0.5) is 10.2 Å². The highest BCUT2D eigenvalue weighted by atomic mass is 19.2. The summed E-state index contributed by atoms with van der Waals surface area (Å²) in [5, 5.41) is 8.90. The molecule has 1 N–H and O–H groups in total. The molecule has 0 saturated carbocycles. The van der Waals surface area contributed by atoms with Crippen molar-refractivity contribution >= 4 is 16.6 Å². The first kappa shape index (κ1) is 12.9. The largest absolute Gasteiger partial charge is 0.314 e. The number of halogens is 1. The highest BCUT2D eigenvalue weighted by Gasteiger charge is 2.34. The van der Waals surface area contributed by atoms with Crippen LogP contribution in [0.25, 0.3) is 10.9 Å². The molecule has 0 unspecified atom stereocenters. The Hall–Kier alpha value is -1.76. The zero-order chi connectivity index (χ0) is 14.4. The van der Waals surface area contributed by atoms with E-state index in [1.54, 1.807) is 11.3 Å². The topological polar surface area (TPSA) is 34.6 Å². The van der Waals surface area contributed by atoms with Crippen LogP contribution in [0.2, 0.25) is 0 Å². The third kappa shape index (κ3) is 1.98. The smallest absolute Gasteiger partial charge is 0.0814 e. The molecule has 2 aliphatic heterocycles. The zero-order valence-electron chi connectivity index (χ0n) is 12.0. The predicted octanol–water partition coefficient (Wildman–Crippen LogP) is 1.78. The second-order valence-electron chi connectivity index (χ2n) is 5.58. The van der Waals surface area contributed by atoms with E-state index < -0.39 is 0 Å². The maximum atomic E-state index is 14.5. The van der Waals surface area contributed by atoms with Gasteiger partial charge in [0.1, 0.15) is 0 Å². The molecule has 1 saturated heterocycles. The van der Waals surface area contributed by atoms with Crippen molar-refractivity contribution in [2.75, 3.05) is 31.3 Å². The van der Waals surface area contributed by atoms with Crippen LogP contribution in [0.15, 0.2) is 24.4 Å². The highest BCUT2D eigenvalue weighted by molar-refractivity contribution is 5.89. The van der Waals surface area contributed by atoms with Crippen LogP contribution in [0.1, 0.15) is 11.1 Å². The number of aryl methyl sites for hydroxylation is 1. The number of nitrogens with one attached hydrogen (secondary N) is 1. The molecule has 21 heavy (non-hydrogen) atoms. The van der Waals surface area contributed by atoms with E-state index in [0.29, 0.717) is 0 Å². The lowest BCUT2D eigenvalue weighted by Crippen LogP contribution is -2.55. The van der Waals surface area contributed by atoms with Crippen molar-refractivity contribution in [2.24, 2.45) is 0 Å². The maximum Gasteiger partial charge on any atom is 0.0814 e. The van der Waals surface area contributed by atoms with E-state index in [1.807, 2.05) is 23.2 Å². The maximum absolute atomic E-state index is 14.5. The van der Waals surface area contributed by atoms with E-state index in [4.69, 9.17) is 0 Å². The number of hydrogen-bond acceptors (Lipinski definition) is 5.